The van der Waals surface area contributed by atoms with E-state index in [2.05, 4.69) is 33.9 Å². The molecule has 1 amide bonds. The van der Waals surface area contributed by atoms with E-state index < -0.39 is 0 Å². The van der Waals surface area contributed by atoms with Crippen LogP contribution in [0.2, 0.25) is 10.0 Å². The molecule has 2 N–H and O–H groups in total. The molecule has 33 heavy (non-hydrogen) atoms. The molecule has 2 aromatic rings. The van der Waals surface area contributed by atoms with E-state index in [0.717, 1.165) is 41.9 Å². The molecule has 0 unspecified atom stereocenters. The van der Waals surface area contributed by atoms with Crippen LogP contribution in [0.5, 0.6) is 0 Å². The van der Waals surface area contributed by atoms with Gasteiger partial charge in [0.05, 0.1) is 0 Å². The fourth-order valence-electron chi connectivity index (χ4n) is 5.02. The first-order valence-electron chi connectivity index (χ1n) is 12.1. The van der Waals surface area contributed by atoms with Crippen molar-refractivity contribution in [1.29, 1.82) is 0 Å². The van der Waals surface area contributed by atoms with Gasteiger partial charge in [-0.25, -0.2) is 0 Å². The maximum Gasteiger partial charge on any atom is 0.220 e. The summed E-state index contributed by atoms with van der Waals surface area (Å²) in [6.45, 7) is 4.90. The number of rotatable bonds is 11. The van der Waals surface area contributed by atoms with Crippen molar-refractivity contribution in [3.05, 3.63) is 45.5 Å². The third kappa shape index (κ3) is 6.09. The van der Waals surface area contributed by atoms with Crippen LogP contribution in [0, 0.1) is 11.8 Å². The predicted octanol–water partition coefficient (Wildman–Crippen LogP) is 5.63. The molecule has 0 spiro atoms. The van der Waals surface area contributed by atoms with Crippen LogP contribution in [0.1, 0.15) is 93.9 Å². The standard InChI is InChI=1S/C25H34Cl2N4O2/c1-15(2)9-16-10-19(11-16)25-30-29-24(31(25)21-5-6-21)17(7-8-32)12-23(33)28-14-18-3-4-20(26)13-22(18)27/h3-4,13,15-17,19,21,32H,5-12,14H2,1-2H3,(H,28,33)/t16-,17-,19+/m0/s1. The summed E-state index contributed by atoms with van der Waals surface area (Å²) in [6, 6.07) is 5.68. The van der Waals surface area contributed by atoms with E-state index in [-0.39, 0.29) is 24.9 Å². The molecule has 0 saturated heterocycles. The van der Waals surface area contributed by atoms with Gasteiger partial charge in [-0.1, -0.05) is 43.1 Å². The average molecular weight is 493 g/mol. The normalized spacial score (nSPS) is 21.2. The Morgan fingerprint density at radius 2 is 2.00 bits per heavy atom. The van der Waals surface area contributed by atoms with Crippen LogP contribution in [-0.2, 0) is 11.3 Å². The topological polar surface area (TPSA) is 80.0 Å². The van der Waals surface area contributed by atoms with Gasteiger partial charge in [-0.3, -0.25) is 4.79 Å². The number of carbonyl (C=O) groups excluding carboxylic acids is 1. The Balaban J connectivity index is 1.43. The number of aliphatic hydroxyl groups excluding tert-OH is 1. The summed E-state index contributed by atoms with van der Waals surface area (Å²) < 4.78 is 2.31. The summed E-state index contributed by atoms with van der Waals surface area (Å²) in [4.78, 5) is 12.8. The van der Waals surface area contributed by atoms with Crippen molar-refractivity contribution in [1.82, 2.24) is 20.1 Å². The molecule has 2 aliphatic rings. The Morgan fingerprint density at radius 3 is 2.64 bits per heavy atom. The fraction of sp³-hybridized carbons (Fsp3) is 0.640. The number of halogens is 2. The zero-order valence-electron chi connectivity index (χ0n) is 19.4. The van der Waals surface area contributed by atoms with Gasteiger partial charge in [0, 0.05) is 47.5 Å². The monoisotopic (exact) mass is 492 g/mol. The number of hydrogen-bond acceptors (Lipinski definition) is 4. The van der Waals surface area contributed by atoms with Crippen LogP contribution in [0.25, 0.3) is 0 Å². The number of carbonyl (C=O) groups is 1. The van der Waals surface area contributed by atoms with E-state index in [1.54, 1.807) is 12.1 Å². The molecule has 2 saturated carbocycles. The molecule has 180 valence electrons. The second-order valence-corrected chi connectivity index (χ2v) is 11.0. The van der Waals surface area contributed by atoms with Gasteiger partial charge >= 0.3 is 0 Å². The van der Waals surface area contributed by atoms with Gasteiger partial charge in [-0.15, -0.1) is 10.2 Å². The molecule has 2 fully saturated rings. The Hall–Kier alpha value is -1.63. The van der Waals surface area contributed by atoms with E-state index >= 15 is 0 Å². The second kappa shape index (κ2) is 10.7. The van der Waals surface area contributed by atoms with Crippen LogP contribution in [0.3, 0.4) is 0 Å². The highest BCUT2D eigenvalue weighted by molar-refractivity contribution is 6.35. The largest absolute Gasteiger partial charge is 0.396 e. The number of aromatic nitrogens is 3. The van der Waals surface area contributed by atoms with Gasteiger partial charge in [-0.2, -0.15) is 0 Å². The van der Waals surface area contributed by atoms with Crippen LogP contribution < -0.4 is 5.32 Å². The summed E-state index contributed by atoms with van der Waals surface area (Å²) >= 11 is 12.2. The molecule has 8 heteroatoms. The average Bonchev–Trinajstić information content (AvgIpc) is 3.48. The van der Waals surface area contributed by atoms with Gasteiger partial charge in [0.15, 0.2) is 0 Å². The third-order valence-electron chi connectivity index (χ3n) is 6.83. The minimum absolute atomic E-state index is 0.00765. The van der Waals surface area contributed by atoms with Gasteiger partial charge < -0.3 is 15.0 Å². The molecule has 1 aromatic heterocycles. The molecule has 6 nitrogen and oxygen atoms in total. The summed E-state index contributed by atoms with van der Waals surface area (Å²) in [7, 11) is 0. The molecule has 1 aromatic carbocycles. The summed E-state index contributed by atoms with van der Waals surface area (Å²) in [5.74, 6) is 3.66. The van der Waals surface area contributed by atoms with Crippen LogP contribution in [0.4, 0.5) is 0 Å². The highest BCUT2D eigenvalue weighted by Gasteiger charge is 2.39. The fourth-order valence-corrected chi connectivity index (χ4v) is 5.49. The maximum absolute atomic E-state index is 12.8. The lowest BCUT2D eigenvalue weighted by molar-refractivity contribution is -0.121. The number of aliphatic hydroxyl groups is 1. The van der Waals surface area contributed by atoms with Crippen LogP contribution in [-0.4, -0.2) is 32.4 Å². The van der Waals surface area contributed by atoms with E-state index in [9.17, 15) is 9.90 Å². The van der Waals surface area contributed by atoms with Gasteiger partial charge in [0.2, 0.25) is 5.91 Å². The zero-order chi connectivity index (χ0) is 23.5. The highest BCUT2D eigenvalue weighted by atomic mass is 35.5. The number of nitrogens with zero attached hydrogens (tertiary/aromatic N) is 3. The molecular formula is C25H34Cl2N4O2. The number of benzene rings is 1. The Kier molecular flexibility index (Phi) is 7.98. The van der Waals surface area contributed by atoms with Crippen molar-refractivity contribution in [2.45, 2.75) is 83.2 Å². The Morgan fingerprint density at radius 1 is 1.24 bits per heavy atom. The molecule has 1 atom stereocenters. The number of nitrogens with one attached hydrogen (secondary N) is 1. The van der Waals surface area contributed by atoms with Gasteiger partial charge in [-0.05, 0) is 68.1 Å². The first-order chi connectivity index (χ1) is 15.9. The second-order valence-electron chi connectivity index (χ2n) is 10.1. The molecule has 1 heterocycles. The van der Waals surface area contributed by atoms with Crippen LogP contribution in [0.15, 0.2) is 18.2 Å². The van der Waals surface area contributed by atoms with Gasteiger partial charge in [0.25, 0.3) is 0 Å². The van der Waals surface area contributed by atoms with E-state index in [1.807, 2.05) is 6.07 Å². The van der Waals surface area contributed by atoms with Crippen molar-refractivity contribution in [3.8, 4) is 0 Å². The van der Waals surface area contributed by atoms with E-state index in [4.69, 9.17) is 23.2 Å². The number of hydrogen-bond donors (Lipinski definition) is 2. The smallest absolute Gasteiger partial charge is 0.220 e. The predicted molar refractivity (Wildman–Crippen MR) is 131 cm³/mol. The van der Waals surface area contributed by atoms with Crippen LogP contribution >= 0.6 is 23.2 Å². The molecule has 0 aliphatic heterocycles. The van der Waals surface area contributed by atoms with Crippen molar-refractivity contribution >= 4 is 29.1 Å². The molecule has 2 aliphatic carbocycles. The lowest BCUT2D eigenvalue weighted by atomic mass is 9.71. The van der Waals surface area contributed by atoms with Crippen molar-refractivity contribution in [2.75, 3.05) is 6.61 Å². The SMILES string of the molecule is CC(C)C[C@H]1C[C@@H](c2nnc([C@@H](CCO)CC(=O)NCc3ccc(Cl)cc3Cl)n2C2CC2)C1. The quantitative estimate of drug-likeness (QED) is 0.425. The zero-order valence-corrected chi connectivity index (χ0v) is 20.9. The van der Waals surface area contributed by atoms with Gasteiger partial charge in [0.1, 0.15) is 11.6 Å². The summed E-state index contributed by atoms with van der Waals surface area (Å²) in [5.41, 5.74) is 0.817. The molecule has 0 bridgehead atoms. The minimum atomic E-state index is -0.163. The number of amides is 1. The lowest BCUT2D eigenvalue weighted by Gasteiger charge is -2.36. The highest BCUT2D eigenvalue weighted by Crippen LogP contribution is 2.48. The van der Waals surface area contributed by atoms with E-state index in [1.165, 1.54) is 19.3 Å². The molecular weight excluding hydrogens is 459 g/mol. The molecule has 4 rings (SSSR count). The van der Waals surface area contributed by atoms with E-state index in [0.29, 0.717) is 35.0 Å². The van der Waals surface area contributed by atoms with Crippen molar-refractivity contribution in [2.24, 2.45) is 11.8 Å². The van der Waals surface area contributed by atoms with Crippen molar-refractivity contribution < 1.29 is 9.90 Å². The Labute approximate surface area is 206 Å². The lowest BCUT2D eigenvalue weighted by Crippen LogP contribution is -2.27. The molecule has 0 radical (unpaired) electrons. The van der Waals surface area contributed by atoms with Crippen molar-refractivity contribution in [3.63, 3.8) is 0 Å². The minimum Gasteiger partial charge on any atom is -0.396 e. The first-order valence-corrected chi connectivity index (χ1v) is 12.9. The third-order valence-corrected chi connectivity index (χ3v) is 7.42. The maximum atomic E-state index is 12.8. The summed E-state index contributed by atoms with van der Waals surface area (Å²) in [6.07, 6.45) is 6.64. The summed E-state index contributed by atoms with van der Waals surface area (Å²) in [5, 5.41) is 22.9. The first kappa shape index (κ1) is 24.5. The Bertz CT molecular complexity index is 967.